The van der Waals surface area contributed by atoms with Crippen molar-refractivity contribution in [1.82, 2.24) is 4.90 Å². The molecule has 0 bridgehead atoms. The molecule has 0 aromatic heterocycles. The van der Waals surface area contributed by atoms with Crippen molar-refractivity contribution in [3.05, 3.63) is 35.6 Å². The van der Waals surface area contributed by atoms with Crippen molar-refractivity contribution in [1.29, 1.82) is 0 Å². The highest BCUT2D eigenvalue weighted by Gasteiger charge is 2.47. The van der Waals surface area contributed by atoms with Crippen molar-refractivity contribution in [2.24, 2.45) is 5.92 Å². The number of likely N-dealkylation sites (tertiary alicyclic amines) is 1. The Balaban J connectivity index is 2.38. The maximum Gasteiger partial charge on any atom is 0.323 e. The van der Waals surface area contributed by atoms with E-state index in [2.05, 4.69) is 0 Å². The molecule has 1 aliphatic rings. The third kappa shape index (κ3) is 2.51. The van der Waals surface area contributed by atoms with Crippen LogP contribution >= 0.6 is 0 Å². The van der Waals surface area contributed by atoms with Crippen LogP contribution in [0.2, 0.25) is 0 Å². The molecule has 108 valence electrons. The highest BCUT2D eigenvalue weighted by Crippen LogP contribution is 2.40. The standard InChI is InChI=1S/C14H16FNO4/c1-16-11(14(19)20-2)7-10(13(17)18)12(16)8-4-3-5-9(15)6-8/h3-6,10-12H,7H2,1-2H3,(H,17,18)/t10-,11+,12-/m0/s1. The van der Waals surface area contributed by atoms with E-state index in [0.717, 1.165) is 0 Å². The number of esters is 1. The average Bonchev–Trinajstić information content (AvgIpc) is 2.75. The van der Waals surface area contributed by atoms with Gasteiger partial charge in [-0.05, 0) is 31.2 Å². The van der Waals surface area contributed by atoms with Gasteiger partial charge in [0.15, 0.2) is 0 Å². The summed E-state index contributed by atoms with van der Waals surface area (Å²) in [7, 11) is 2.92. The number of carboxylic acids is 1. The number of methoxy groups -OCH3 is 1. The SMILES string of the molecule is COC(=O)[C@H]1C[C@H](C(=O)O)[C@H](c2cccc(F)c2)N1C. The van der Waals surface area contributed by atoms with Crippen LogP contribution in [0.1, 0.15) is 18.0 Å². The van der Waals surface area contributed by atoms with Gasteiger partial charge in [-0.3, -0.25) is 14.5 Å². The topological polar surface area (TPSA) is 66.8 Å². The van der Waals surface area contributed by atoms with Gasteiger partial charge in [-0.1, -0.05) is 12.1 Å². The molecule has 1 aromatic carbocycles. The minimum Gasteiger partial charge on any atom is -0.481 e. The van der Waals surface area contributed by atoms with Gasteiger partial charge in [-0.2, -0.15) is 0 Å². The van der Waals surface area contributed by atoms with Crippen LogP contribution in [0.15, 0.2) is 24.3 Å². The van der Waals surface area contributed by atoms with Crippen LogP contribution in [0.3, 0.4) is 0 Å². The second kappa shape index (κ2) is 5.58. The molecule has 3 atom stereocenters. The maximum atomic E-state index is 13.3. The zero-order valence-electron chi connectivity index (χ0n) is 11.2. The quantitative estimate of drug-likeness (QED) is 0.849. The zero-order valence-corrected chi connectivity index (χ0v) is 11.2. The summed E-state index contributed by atoms with van der Waals surface area (Å²) in [5.41, 5.74) is 0.548. The lowest BCUT2D eigenvalue weighted by molar-refractivity contribution is -0.145. The number of carbonyl (C=O) groups is 2. The van der Waals surface area contributed by atoms with Gasteiger partial charge in [0.25, 0.3) is 0 Å². The van der Waals surface area contributed by atoms with Crippen molar-refractivity contribution in [3.63, 3.8) is 0 Å². The molecule has 1 heterocycles. The minimum absolute atomic E-state index is 0.152. The van der Waals surface area contributed by atoms with Crippen molar-refractivity contribution >= 4 is 11.9 Å². The lowest BCUT2D eigenvalue weighted by Gasteiger charge is -2.25. The first-order chi connectivity index (χ1) is 9.45. The van der Waals surface area contributed by atoms with Gasteiger partial charge < -0.3 is 9.84 Å². The maximum absolute atomic E-state index is 13.3. The molecule has 20 heavy (non-hydrogen) atoms. The summed E-state index contributed by atoms with van der Waals surface area (Å²) in [6.45, 7) is 0. The predicted octanol–water partition coefficient (Wildman–Crippen LogP) is 1.44. The lowest BCUT2D eigenvalue weighted by Crippen LogP contribution is -2.35. The fourth-order valence-electron chi connectivity index (χ4n) is 2.81. The number of likely N-dealkylation sites (N-methyl/N-ethyl adjacent to an activating group) is 1. The Morgan fingerprint density at radius 3 is 2.70 bits per heavy atom. The molecule has 5 nitrogen and oxygen atoms in total. The van der Waals surface area contributed by atoms with Gasteiger partial charge in [-0.25, -0.2) is 4.39 Å². The third-order valence-corrected chi connectivity index (χ3v) is 3.77. The molecule has 0 unspecified atom stereocenters. The molecule has 1 saturated heterocycles. The van der Waals surface area contributed by atoms with E-state index in [1.54, 1.807) is 18.0 Å². The van der Waals surface area contributed by atoms with Crippen molar-refractivity contribution in [2.75, 3.05) is 14.2 Å². The zero-order chi connectivity index (χ0) is 14.9. The number of carbonyl (C=O) groups excluding carboxylic acids is 1. The van der Waals surface area contributed by atoms with E-state index in [1.807, 2.05) is 0 Å². The number of ether oxygens (including phenoxy) is 1. The van der Waals surface area contributed by atoms with Gasteiger partial charge in [0.2, 0.25) is 0 Å². The number of hydrogen-bond donors (Lipinski definition) is 1. The van der Waals surface area contributed by atoms with Crippen LogP contribution in [0.5, 0.6) is 0 Å². The summed E-state index contributed by atoms with van der Waals surface area (Å²) in [6, 6.07) is 4.62. The van der Waals surface area contributed by atoms with Crippen LogP contribution in [0.25, 0.3) is 0 Å². The third-order valence-electron chi connectivity index (χ3n) is 3.77. The summed E-state index contributed by atoms with van der Waals surface area (Å²) in [5.74, 6) is -2.68. The summed E-state index contributed by atoms with van der Waals surface area (Å²) in [4.78, 5) is 24.7. The molecule has 2 rings (SSSR count). The number of nitrogens with zero attached hydrogens (tertiary/aromatic N) is 1. The van der Waals surface area contributed by atoms with E-state index in [4.69, 9.17) is 4.74 Å². The summed E-state index contributed by atoms with van der Waals surface area (Å²) >= 11 is 0. The molecule has 0 radical (unpaired) electrons. The molecular formula is C14H16FNO4. The van der Waals surface area contributed by atoms with E-state index in [0.29, 0.717) is 5.56 Å². The van der Waals surface area contributed by atoms with Gasteiger partial charge in [0.05, 0.1) is 13.0 Å². The Morgan fingerprint density at radius 1 is 1.45 bits per heavy atom. The smallest absolute Gasteiger partial charge is 0.323 e. The number of benzene rings is 1. The summed E-state index contributed by atoms with van der Waals surface area (Å²) in [6.07, 6.45) is 0.152. The largest absolute Gasteiger partial charge is 0.481 e. The molecule has 1 aliphatic heterocycles. The van der Waals surface area contributed by atoms with Gasteiger partial charge in [0, 0.05) is 6.04 Å². The van der Waals surface area contributed by atoms with Crippen LogP contribution in [0.4, 0.5) is 4.39 Å². The van der Waals surface area contributed by atoms with Crippen molar-refractivity contribution < 1.29 is 23.8 Å². The fourth-order valence-corrected chi connectivity index (χ4v) is 2.81. The Kier molecular flexibility index (Phi) is 4.04. The first-order valence-electron chi connectivity index (χ1n) is 6.23. The van der Waals surface area contributed by atoms with Crippen LogP contribution in [-0.4, -0.2) is 42.1 Å². The van der Waals surface area contributed by atoms with Gasteiger partial charge in [0.1, 0.15) is 11.9 Å². The Labute approximate surface area is 116 Å². The van der Waals surface area contributed by atoms with E-state index < -0.39 is 35.8 Å². The lowest BCUT2D eigenvalue weighted by atomic mass is 9.93. The van der Waals surface area contributed by atoms with Gasteiger partial charge in [-0.15, -0.1) is 0 Å². The molecule has 0 amide bonds. The monoisotopic (exact) mass is 281 g/mol. The molecular weight excluding hydrogens is 265 g/mol. The molecule has 0 aliphatic carbocycles. The highest BCUT2D eigenvalue weighted by atomic mass is 19.1. The summed E-state index contributed by atoms with van der Waals surface area (Å²) < 4.78 is 18.0. The summed E-state index contributed by atoms with van der Waals surface area (Å²) in [5, 5.41) is 9.33. The van der Waals surface area contributed by atoms with Crippen molar-refractivity contribution in [3.8, 4) is 0 Å². The Hall–Kier alpha value is -1.95. The highest BCUT2D eigenvalue weighted by molar-refractivity contribution is 5.79. The molecule has 1 N–H and O–H groups in total. The number of carboxylic acid groups (broad SMARTS) is 1. The van der Waals surface area contributed by atoms with E-state index in [1.165, 1.54) is 25.3 Å². The Morgan fingerprint density at radius 2 is 2.15 bits per heavy atom. The molecule has 1 fully saturated rings. The van der Waals surface area contributed by atoms with Crippen LogP contribution < -0.4 is 0 Å². The normalized spacial score (nSPS) is 26.4. The van der Waals surface area contributed by atoms with Crippen LogP contribution in [-0.2, 0) is 14.3 Å². The number of aliphatic carboxylic acids is 1. The number of rotatable bonds is 3. The van der Waals surface area contributed by atoms with Gasteiger partial charge >= 0.3 is 11.9 Å². The molecule has 1 aromatic rings. The number of halogens is 1. The Bertz CT molecular complexity index is 534. The van der Waals surface area contributed by atoms with E-state index in [9.17, 15) is 19.1 Å². The minimum atomic E-state index is -1.00. The molecule has 0 saturated carbocycles. The second-order valence-electron chi connectivity index (χ2n) is 4.88. The van der Waals surface area contributed by atoms with Crippen molar-refractivity contribution in [2.45, 2.75) is 18.5 Å². The number of hydrogen-bond acceptors (Lipinski definition) is 4. The van der Waals surface area contributed by atoms with E-state index >= 15 is 0 Å². The first kappa shape index (κ1) is 14.5. The molecule has 0 spiro atoms. The average molecular weight is 281 g/mol. The fraction of sp³-hybridized carbons (Fsp3) is 0.429. The first-order valence-corrected chi connectivity index (χ1v) is 6.23. The second-order valence-corrected chi connectivity index (χ2v) is 4.88. The predicted molar refractivity (Wildman–Crippen MR) is 68.5 cm³/mol. The van der Waals surface area contributed by atoms with E-state index in [-0.39, 0.29) is 6.42 Å². The van der Waals surface area contributed by atoms with Crippen LogP contribution in [0, 0.1) is 11.7 Å². The molecule has 6 heteroatoms.